The molecular weight excluding hydrogens is 320 g/mol. The highest BCUT2D eigenvalue weighted by atomic mass is 16.7. The predicted molar refractivity (Wildman–Crippen MR) is 69.8 cm³/mol. The molecule has 8 N–H and O–H groups in total. The Hall–Kier alpha value is -0.730. The van der Waals surface area contributed by atoms with Gasteiger partial charge in [0.1, 0.15) is 48.8 Å². The first kappa shape index (κ1) is 20.3. The van der Waals surface area contributed by atoms with Crippen molar-refractivity contribution in [2.45, 2.75) is 55.1 Å². The number of rotatable bonds is 8. The van der Waals surface area contributed by atoms with Crippen LogP contribution in [-0.2, 0) is 14.3 Å². The van der Waals surface area contributed by atoms with Crippen molar-refractivity contribution in [3.63, 3.8) is 0 Å². The number of hydrogen-bond acceptors (Lipinski definition) is 11. The molecule has 0 aromatic heterocycles. The van der Waals surface area contributed by atoms with Gasteiger partial charge >= 0.3 is 0 Å². The van der Waals surface area contributed by atoms with Gasteiger partial charge in [0.15, 0.2) is 12.6 Å². The number of aliphatic hydroxyl groups excluding tert-OH is 8. The monoisotopic (exact) mass is 342 g/mol. The fourth-order valence-corrected chi connectivity index (χ4v) is 2.01. The summed E-state index contributed by atoms with van der Waals surface area (Å²) in [5, 5.41) is 75.4. The highest BCUT2D eigenvalue weighted by molar-refractivity contribution is 5.56. The third-order valence-corrected chi connectivity index (χ3v) is 3.51. The first-order valence-corrected chi connectivity index (χ1v) is 6.84. The largest absolute Gasteiger partial charge is 0.394 e. The highest BCUT2D eigenvalue weighted by Crippen LogP contribution is 2.22. The molecule has 1 rings (SSSR count). The minimum atomic E-state index is -1.96. The summed E-state index contributed by atoms with van der Waals surface area (Å²) in [5.41, 5.74) is 0. The Morgan fingerprint density at radius 3 is 2.13 bits per heavy atom. The first-order valence-electron chi connectivity index (χ1n) is 6.84. The number of aldehydes is 1. The Balaban J connectivity index is 2.57. The van der Waals surface area contributed by atoms with Crippen molar-refractivity contribution in [2.24, 2.45) is 0 Å². The quantitative estimate of drug-likeness (QED) is 0.196. The van der Waals surface area contributed by atoms with Crippen LogP contribution in [0.4, 0.5) is 0 Å². The average molecular weight is 342 g/mol. The molecule has 1 saturated heterocycles. The van der Waals surface area contributed by atoms with Gasteiger partial charge in [-0.2, -0.15) is 0 Å². The Morgan fingerprint density at radius 2 is 1.61 bits per heavy atom. The van der Waals surface area contributed by atoms with Gasteiger partial charge in [0.05, 0.1) is 13.2 Å². The van der Waals surface area contributed by atoms with Crippen molar-refractivity contribution >= 4 is 6.29 Å². The Morgan fingerprint density at radius 1 is 1.00 bits per heavy atom. The molecule has 9 atom stereocenters. The van der Waals surface area contributed by atoms with Crippen LogP contribution in [-0.4, -0.2) is 115 Å². The number of ether oxygens (including phenoxy) is 2. The zero-order valence-corrected chi connectivity index (χ0v) is 12.0. The molecule has 0 aromatic rings. The fraction of sp³-hybridized carbons (Fsp3) is 0.917. The van der Waals surface area contributed by atoms with Gasteiger partial charge in [-0.15, -0.1) is 0 Å². The van der Waals surface area contributed by atoms with E-state index >= 15 is 0 Å². The third-order valence-electron chi connectivity index (χ3n) is 3.51. The molecule has 23 heavy (non-hydrogen) atoms. The zero-order chi connectivity index (χ0) is 17.7. The Labute approximate surface area is 130 Å². The van der Waals surface area contributed by atoms with Crippen molar-refractivity contribution in [1.82, 2.24) is 0 Å². The molecule has 136 valence electrons. The summed E-state index contributed by atoms with van der Waals surface area (Å²) in [6.07, 6.45) is -15.3. The van der Waals surface area contributed by atoms with Gasteiger partial charge in [-0.3, -0.25) is 0 Å². The van der Waals surface area contributed by atoms with Gasteiger partial charge in [0.25, 0.3) is 0 Å². The van der Waals surface area contributed by atoms with E-state index in [0.717, 1.165) is 0 Å². The molecule has 1 fully saturated rings. The third kappa shape index (κ3) is 4.87. The van der Waals surface area contributed by atoms with Crippen molar-refractivity contribution in [3.05, 3.63) is 0 Å². The van der Waals surface area contributed by atoms with Gasteiger partial charge < -0.3 is 55.1 Å². The van der Waals surface area contributed by atoms with Crippen LogP contribution in [0.15, 0.2) is 0 Å². The van der Waals surface area contributed by atoms with E-state index in [1.54, 1.807) is 0 Å². The van der Waals surface area contributed by atoms with Crippen LogP contribution in [0.1, 0.15) is 0 Å². The topological polar surface area (TPSA) is 197 Å². The minimum absolute atomic E-state index is 0.0287. The van der Waals surface area contributed by atoms with Gasteiger partial charge in [0.2, 0.25) is 0 Å². The number of aliphatic hydroxyl groups is 8. The van der Waals surface area contributed by atoms with Crippen LogP contribution in [0.5, 0.6) is 0 Å². The van der Waals surface area contributed by atoms with E-state index in [0.29, 0.717) is 0 Å². The average Bonchev–Trinajstić information content (AvgIpc) is 2.56. The normalized spacial score (nSPS) is 37.0. The molecular formula is C12H22O11. The lowest BCUT2D eigenvalue weighted by Gasteiger charge is -2.40. The molecule has 0 radical (unpaired) electrons. The fourth-order valence-electron chi connectivity index (χ4n) is 2.01. The van der Waals surface area contributed by atoms with E-state index in [-0.39, 0.29) is 6.29 Å². The number of carbonyl (C=O) groups excluding carboxylic acids is 1. The molecule has 0 bridgehead atoms. The summed E-state index contributed by atoms with van der Waals surface area (Å²) in [4.78, 5) is 10.3. The molecule has 1 aliphatic rings. The van der Waals surface area contributed by atoms with Crippen molar-refractivity contribution in [2.75, 3.05) is 13.2 Å². The molecule has 1 aliphatic heterocycles. The van der Waals surface area contributed by atoms with Gasteiger partial charge in [0, 0.05) is 0 Å². The smallest absolute Gasteiger partial charge is 0.186 e. The summed E-state index contributed by atoms with van der Waals surface area (Å²) < 4.78 is 9.94. The molecule has 11 heteroatoms. The SMILES string of the molecule is O=C[C@H](O)[C@@H](O)[C@@H](O)[C@H](O)COC1O[C@H](CO)[C@H](O)[C@H](O)[C@H]1O. The van der Waals surface area contributed by atoms with E-state index in [4.69, 9.17) is 19.7 Å². The molecule has 0 amide bonds. The second kappa shape index (κ2) is 8.94. The van der Waals surface area contributed by atoms with Gasteiger partial charge in [-0.25, -0.2) is 0 Å². The van der Waals surface area contributed by atoms with E-state index in [2.05, 4.69) is 0 Å². The standard InChI is InChI=1S/C12H22O11/c13-1-4(15)7(17)8(18)5(16)3-22-12-11(21)10(20)9(19)6(2-14)23-12/h1,4-12,14-21H,2-3H2/t4-,5+,6+,7+,8-,9-,10-,11+,12?/m0/s1. The lowest BCUT2D eigenvalue weighted by atomic mass is 9.99. The highest BCUT2D eigenvalue weighted by Gasteiger charge is 2.44. The van der Waals surface area contributed by atoms with Crippen LogP contribution >= 0.6 is 0 Å². The van der Waals surface area contributed by atoms with E-state index < -0.39 is 68.3 Å². The lowest BCUT2D eigenvalue weighted by Crippen LogP contribution is -2.59. The first-order chi connectivity index (χ1) is 10.7. The summed E-state index contributed by atoms with van der Waals surface area (Å²) in [7, 11) is 0. The minimum Gasteiger partial charge on any atom is -0.394 e. The van der Waals surface area contributed by atoms with Gasteiger partial charge in [-0.05, 0) is 0 Å². The summed E-state index contributed by atoms with van der Waals surface area (Å²) in [6.45, 7) is -1.37. The van der Waals surface area contributed by atoms with Crippen LogP contribution in [0.2, 0.25) is 0 Å². The predicted octanol–water partition coefficient (Wildman–Crippen LogP) is -5.55. The number of carbonyl (C=O) groups is 1. The molecule has 11 nitrogen and oxygen atoms in total. The van der Waals surface area contributed by atoms with E-state index in [1.807, 2.05) is 0 Å². The maximum atomic E-state index is 10.3. The second-order valence-electron chi connectivity index (χ2n) is 5.21. The Kier molecular flexibility index (Phi) is 7.89. The maximum Gasteiger partial charge on any atom is 0.186 e. The molecule has 0 saturated carbocycles. The molecule has 0 aromatic carbocycles. The molecule has 1 heterocycles. The second-order valence-corrected chi connectivity index (χ2v) is 5.21. The van der Waals surface area contributed by atoms with E-state index in [1.165, 1.54) is 0 Å². The Bertz CT molecular complexity index is 365. The summed E-state index contributed by atoms with van der Waals surface area (Å²) in [6, 6.07) is 0. The maximum absolute atomic E-state index is 10.3. The van der Waals surface area contributed by atoms with Gasteiger partial charge in [-0.1, -0.05) is 0 Å². The van der Waals surface area contributed by atoms with Crippen LogP contribution in [0.25, 0.3) is 0 Å². The van der Waals surface area contributed by atoms with Crippen LogP contribution < -0.4 is 0 Å². The van der Waals surface area contributed by atoms with Crippen LogP contribution in [0.3, 0.4) is 0 Å². The molecule has 0 spiro atoms. The van der Waals surface area contributed by atoms with Crippen molar-refractivity contribution in [1.29, 1.82) is 0 Å². The summed E-state index contributed by atoms with van der Waals surface area (Å²) in [5.74, 6) is 0. The van der Waals surface area contributed by atoms with Crippen molar-refractivity contribution in [3.8, 4) is 0 Å². The number of hydrogen-bond donors (Lipinski definition) is 8. The van der Waals surface area contributed by atoms with E-state index in [9.17, 15) is 35.4 Å². The zero-order valence-electron chi connectivity index (χ0n) is 12.0. The summed E-state index contributed by atoms with van der Waals surface area (Å²) >= 11 is 0. The molecule has 1 unspecified atom stereocenters. The van der Waals surface area contributed by atoms with Crippen molar-refractivity contribution < 1.29 is 55.1 Å². The molecule has 0 aliphatic carbocycles. The van der Waals surface area contributed by atoms with Crippen LogP contribution in [0, 0.1) is 0 Å². The lowest BCUT2D eigenvalue weighted by molar-refractivity contribution is -0.306.